The van der Waals surface area contributed by atoms with Gasteiger partial charge in [0.2, 0.25) is 5.91 Å². The summed E-state index contributed by atoms with van der Waals surface area (Å²) in [7, 11) is 0. The molecule has 104 valence electrons. The Balaban J connectivity index is 1.57. The molecule has 1 aromatic heterocycles. The molecule has 1 amide bonds. The Labute approximate surface area is 114 Å². The standard InChI is InChI=1S/C15H22N2O2/c18-15(10-12-5-7-16-8-6-12)17(13-3-4-13)11-14-2-1-9-19-14/h1-2,9,12-13,16H,3-8,10-11H2. The first-order valence-corrected chi connectivity index (χ1v) is 7.35. The molecule has 2 aliphatic rings. The smallest absolute Gasteiger partial charge is 0.223 e. The van der Waals surface area contributed by atoms with Crippen LogP contribution in [0.2, 0.25) is 0 Å². The lowest BCUT2D eigenvalue weighted by atomic mass is 9.94. The van der Waals surface area contributed by atoms with E-state index in [1.54, 1.807) is 6.26 Å². The van der Waals surface area contributed by atoms with Gasteiger partial charge in [-0.25, -0.2) is 0 Å². The van der Waals surface area contributed by atoms with Crippen LogP contribution in [0.1, 0.15) is 37.9 Å². The van der Waals surface area contributed by atoms with E-state index in [1.807, 2.05) is 17.0 Å². The SMILES string of the molecule is O=C(CC1CCNCC1)N(Cc1ccco1)C1CC1. The van der Waals surface area contributed by atoms with Gasteiger partial charge in [-0.3, -0.25) is 4.79 Å². The topological polar surface area (TPSA) is 45.5 Å². The van der Waals surface area contributed by atoms with Gasteiger partial charge >= 0.3 is 0 Å². The molecule has 0 radical (unpaired) electrons. The molecular formula is C15H22N2O2. The van der Waals surface area contributed by atoms with Gasteiger partial charge in [-0.2, -0.15) is 0 Å². The normalized spacial score (nSPS) is 20.4. The van der Waals surface area contributed by atoms with Gasteiger partial charge in [-0.15, -0.1) is 0 Å². The Hall–Kier alpha value is -1.29. The lowest BCUT2D eigenvalue weighted by molar-refractivity contribution is -0.133. The predicted octanol–water partition coefficient (Wildman–Crippen LogP) is 2.16. The highest BCUT2D eigenvalue weighted by Crippen LogP contribution is 2.30. The number of piperidine rings is 1. The van der Waals surface area contributed by atoms with Crippen LogP contribution in [-0.2, 0) is 11.3 Å². The van der Waals surface area contributed by atoms with E-state index in [2.05, 4.69) is 5.32 Å². The molecule has 0 bridgehead atoms. The van der Waals surface area contributed by atoms with Crippen molar-refractivity contribution in [3.05, 3.63) is 24.2 Å². The van der Waals surface area contributed by atoms with E-state index in [4.69, 9.17) is 4.42 Å². The minimum absolute atomic E-state index is 0.311. The number of hydrogen-bond donors (Lipinski definition) is 1. The summed E-state index contributed by atoms with van der Waals surface area (Å²) in [5.41, 5.74) is 0. The number of nitrogens with zero attached hydrogens (tertiary/aromatic N) is 1. The maximum absolute atomic E-state index is 12.5. The van der Waals surface area contributed by atoms with Crippen molar-refractivity contribution in [3.8, 4) is 0 Å². The molecule has 1 saturated carbocycles. The van der Waals surface area contributed by atoms with Crippen molar-refractivity contribution in [1.82, 2.24) is 10.2 Å². The molecule has 2 fully saturated rings. The van der Waals surface area contributed by atoms with Crippen LogP contribution >= 0.6 is 0 Å². The van der Waals surface area contributed by atoms with Crippen molar-refractivity contribution in [2.24, 2.45) is 5.92 Å². The third-order valence-corrected chi connectivity index (χ3v) is 4.14. The van der Waals surface area contributed by atoms with Gasteiger partial charge in [0.05, 0.1) is 12.8 Å². The van der Waals surface area contributed by atoms with Crippen LogP contribution < -0.4 is 5.32 Å². The van der Waals surface area contributed by atoms with E-state index in [0.717, 1.165) is 44.5 Å². The second-order valence-corrected chi connectivity index (χ2v) is 5.73. The fraction of sp³-hybridized carbons (Fsp3) is 0.667. The molecule has 1 aliphatic carbocycles. The summed E-state index contributed by atoms with van der Waals surface area (Å²) in [5, 5.41) is 3.35. The highest BCUT2D eigenvalue weighted by atomic mass is 16.3. The summed E-state index contributed by atoms with van der Waals surface area (Å²) in [6.45, 7) is 2.75. The summed E-state index contributed by atoms with van der Waals surface area (Å²) < 4.78 is 5.38. The fourth-order valence-corrected chi connectivity index (χ4v) is 2.83. The largest absolute Gasteiger partial charge is 0.467 e. The summed E-state index contributed by atoms with van der Waals surface area (Å²) in [6.07, 6.45) is 6.95. The summed E-state index contributed by atoms with van der Waals surface area (Å²) in [5.74, 6) is 1.77. The Morgan fingerprint density at radius 3 is 2.74 bits per heavy atom. The summed E-state index contributed by atoms with van der Waals surface area (Å²) >= 11 is 0. The van der Waals surface area contributed by atoms with Crippen molar-refractivity contribution in [3.63, 3.8) is 0 Å². The van der Waals surface area contributed by atoms with E-state index in [0.29, 0.717) is 30.8 Å². The number of rotatable bonds is 5. The van der Waals surface area contributed by atoms with Crippen molar-refractivity contribution < 1.29 is 9.21 Å². The van der Waals surface area contributed by atoms with Gasteiger partial charge in [-0.1, -0.05) is 0 Å². The van der Waals surface area contributed by atoms with Gasteiger partial charge in [0.15, 0.2) is 0 Å². The molecule has 3 rings (SSSR count). The molecule has 1 N–H and O–H groups in total. The van der Waals surface area contributed by atoms with Crippen LogP contribution in [0.4, 0.5) is 0 Å². The Kier molecular flexibility index (Phi) is 3.87. The minimum Gasteiger partial charge on any atom is -0.467 e. The van der Waals surface area contributed by atoms with Crippen LogP contribution in [0, 0.1) is 5.92 Å². The second kappa shape index (κ2) is 5.78. The van der Waals surface area contributed by atoms with Crippen molar-refractivity contribution in [1.29, 1.82) is 0 Å². The lowest BCUT2D eigenvalue weighted by Gasteiger charge is -2.26. The predicted molar refractivity (Wildman–Crippen MR) is 72.5 cm³/mol. The molecular weight excluding hydrogens is 240 g/mol. The number of hydrogen-bond acceptors (Lipinski definition) is 3. The van der Waals surface area contributed by atoms with E-state index < -0.39 is 0 Å². The van der Waals surface area contributed by atoms with Crippen LogP contribution in [0.3, 0.4) is 0 Å². The zero-order valence-electron chi connectivity index (χ0n) is 11.3. The number of furan rings is 1. The van der Waals surface area contributed by atoms with Crippen LogP contribution in [-0.4, -0.2) is 29.9 Å². The van der Waals surface area contributed by atoms with Crippen LogP contribution in [0.15, 0.2) is 22.8 Å². The molecule has 1 aliphatic heterocycles. The molecule has 1 aromatic rings. The molecule has 0 aromatic carbocycles. The van der Waals surface area contributed by atoms with E-state index in [-0.39, 0.29) is 0 Å². The third kappa shape index (κ3) is 3.38. The van der Waals surface area contributed by atoms with Gasteiger partial charge < -0.3 is 14.6 Å². The number of carbonyl (C=O) groups excluding carboxylic acids is 1. The molecule has 4 nitrogen and oxygen atoms in total. The molecule has 1 saturated heterocycles. The number of nitrogens with one attached hydrogen (secondary N) is 1. The average Bonchev–Trinajstić information content (AvgIpc) is 3.14. The van der Waals surface area contributed by atoms with Gasteiger partial charge in [0, 0.05) is 12.5 Å². The summed E-state index contributed by atoms with van der Waals surface area (Å²) in [6, 6.07) is 4.30. The van der Waals surface area contributed by atoms with Crippen molar-refractivity contribution in [2.75, 3.05) is 13.1 Å². The van der Waals surface area contributed by atoms with Crippen LogP contribution in [0.25, 0.3) is 0 Å². The number of amides is 1. The minimum atomic E-state index is 0.311. The molecule has 0 atom stereocenters. The highest BCUT2D eigenvalue weighted by Gasteiger charge is 2.33. The van der Waals surface area contributed by atoms with Crippen LogP contribution in [0.5, 0.6) is 0 Å². The molecule has 19 heavy (non-hydrogen) atoms. The Morgan fingerprint density at radius 1 is 1.32 bits per heavy atom. The molecule has 0 spiro atoms. The monoisotopic (exact) mass is 262 g/mol. The first-order chi connectivity index (χ1) is 9.33. The first-order valence-electron chi connectivity index (χ1n) is 7.35. The zero-order chi connectivity index (χ0) is 13.1. The maximum atomic E-state index is 12.5. The Morgan fingerprint density at radius 2 is 2.11 bits per heavy atom. The molecule has 4 heteroatoms. The van der Waals surface area contributed by atoms with E-state index in [1.165, 1.54) is 0 Å². The van der Waals surface area contributed by atoms with Crippen molar-refractivity contribution in [2.45, 2.75) is 44.7 Å². The van der Waals surface area contributed by atoms with Gasteiger partial charge in [0.1, 0.15) is 5.76 Å². The van der Waals surface area contributed by atoms with Gasteiger partial charge in [-0.05, 0) is 56.8 Å². The average molecular weight is 262 g/mol. The highest BCUT2D eigenvalue weighted by molar-refractivity contribution is 5.77. The fourth-order valence-electron chi connectivity index (χ4n) is 2.83. The van der Waals surface area contributed by atoms with E-state index >= 15 is 0 Å². The van der Waals surface area contributed by atoms with Crippen molar-refractivity contribution >= 4 is 5.91 Å². The lowest BCUT2D eigenvalue weighted by Crippen LogP contribution is -2.36. The number of carbonyl (C=O) groups is 1. The zero-order valence-corrected chi connectivity index (χ0v) is 11.3. The second-order valence-electron chi connectivity index (χ2n) is 5.73. The third-order valence-electron chi connectivity index (χ3n) is 4.14. The maximum Gasteiger partial charge on any atom is 0.223 e. The Bertz CT molecular complexity index is 406. The summed E-state index contributed by atoms with van der Waals surface area (Å²) in [4.78, 5) is 14.5. The molecule has 2 heterocycles. The van der Waals surface area contributed by atoms with E-state index in [9.17, 15) is 4.79 Å². The van der Waals surface area contributed by atoms with Gasteiger partial charge in [0.25, 0.3) is 0 Å². The quantitative estimate of drug-likeness (QED) is 0.884. The molecule has 0 unspecified atom stereocenters. The first kappa shape index (κ1) is 12.7.